The van der Waals surface area contributed by atoms with Gasteiger partial charge in [0, 0.05) is 0 Å². The van der Waals surface area contributed by atoms with Gasteiger partial charge in [-0.25, -0.2) is 0 Å². The summed E-state index contributed by atoms with van der Waals surface area (Å²) in [6.45, 7) is 0. The SMILES string of the molecule is O.O=P([O-])([O-])O.O=P([O-])([O-])OP(=O)([O-])OP(=O)([O-])[O-].O=P([O-])([O-])OP(=O)([O-])OP(=O)([O-])[O-].O=P([O-])([O-])[O-].O=P([O-])([O-])[O-].O=P([O-])([O-])[O-].[H+].[Zn+2].[Zn+2].[Zn+2].[Zn+2]. The second kappa shape index (κ2) is 32.6. The molecule has 0 aromatic carbocycles. The van der Waals surface area contributed by atoms with E-state index in [9.17, 15) is 76.3 Å². The van der Waals surface area contributed by atoms with Crippen LogP contribution in [0.3, 0.4) is 0 Å². The first-order valence-corrected chi connectivity index (χ1v) is 22.0. The van der Waals surface area contributed by atoms with Gasteiger partial charge < -0.3 is 150 Å². The van der Waals surface area contributed by atoms with E-state index in [2.05, 4.69) is 17.2 Å². The maximum absolute atomic E-state index is 10.1. The quantitative estimate of drug-likeness (QED) is 0.174. The Hall–Kier alpha value is 3.71. The fraction of sp³-hybridized carbons (Fsp3) is 0. The van der Waals surface area contributed by atoms with Crippen LogP contribution in [-0.4, -0.2) is 10.4 Å². The van der Waals surface area contributed by atoms with Crippen molar-refractivity contribution in [2.45, 2.75) is 0 Å². The van der Waals surface area contributed by atoms with Gasteiger partial charge in [-0.1, -0.05) is 0 Å². The van der Waals surface area contributed by atoms with Crippen molar-refractivity contribution in [1.29, 1.82) is 0 Å². The molecule has 0 spiro atoms. The monoisotopic (exact) mass is 1160 g/mol. The molecule has 0 aliphatic heterocycles. The van der Waals surface area contributed by atoms with Crippen LogP contribution in [0.5, 0.6) is 0 Å². The molecule has 0 aromatic rings. The van der Waals surface area contributed by atoms with Crippen molar-refractivity contribution in [3.05, 3.63) is 0 Å². The molecule has 0 radical (unpaired) electrons. The van der Waals surface area contributed by atoms with Crippen molar-refractivity contribution in [2.75, 3.05) is 0 Å². The fourth-order valence-electron chi connectivity index (χ4n) is 0.520. The summed E-state index contributed by atoms with van der Waals surface area (Å²) >= 11 is 0. The van der Waals surface area contributed by atoms with Crippen LogP contribution >= 0.6 is 78.2 Å². The molecule has 0 aliphatic rings. The van der Waals surface area contributed by atoms with Gasteiger partial charge in [-0.2, -0.15) is 23.5 Å². The first-order chi connectivity index (χ1) is 18.8. The third kappa shape index (κ3) is 187. The standard InChI is InChI=1S/2H5O10P3.4H3O4P.H2O.4Zn/c2*1-11(2,3)9-13(7,8)10-12(4,5)6;4*1-5(2,3)4;;;;;/h2*(H,7,8)(H2,1,2,3)(H2,4,5,6);4*(H3,1,2,3,4);1H2;;;;/q;;;;;;;4*+2/p-20. The van der Waals surface area contributed by atoms with Crippen LogP contribution in [0.2, 0.25) is 0 Å². The van der Waals surface area contributed by atoms with E-state index in [0.717, 1.165) is 0 Å². The van der Waals surface area contributed by atoms with Crippen molar-refractivity contribution in [2.24, 2.45) is 0 Å². The minimum Gasteiger partial charge on any atom is -0.822 e. The summed E-state index contributed by atoms with van der Waals surface area (Å²) in [5.74, 6) is 0. The van der Waals surface area contributed by atoms with Crippen molar-refractivity contribution in [3.8, 4) is 0 Å². The zero-order chi connectivity index (χ0) is 39.8. The predicted octanol–water partition coefficient (Wildman–Crippen LogP) is -19.1. The Morgan fingerprint density at radius 2 is 0.373 bits per heavy atom. The number of rotatable bonds is 8. The van der Waals surface area contributed by atoms with E-state index in [-0.39, 0.29) is 84.8 Å². The molecule has 0 heterocycles. The molecule has 51 heavy (non-hydrogen) atoms. The maximum atomic E-state index is 10.1. The Labute approximate surface area is 331 Å². The molecule has 37 nitrogen and oxygen atoms in total. The van der Waals surface area contributed by atoms with E-state index >= 15 is 0 Å². The van der Waals surface area contributed by atoms with E-state index < -0.39 is 78.2 Å². The Kier molecular flexibility index (Phi) is 52.7. The summed E-state index contributed by atoms with van der Waals surface area (Å²) in [6, 6.07) is 0. The summed E-state index contributed by atoms with van der Waals surface area (Å²) in [4.78, 5) is 199. The van der Waals surface area contributed by atoms with Gasteiger partial charge >= 0.3 is 79.3 Å². The van der Waals surface area contributed by atoms with Crippen molar-refractivity contribution in [1.82, 2.24) is 0 Å². The smallest absolute Gasteiger partial charge is 0.822 e. The summed E-state index contributed by atoms with van der Waals surface area (Å²) in [5, 5.41) is 0. The molecule has 0 unspecified atom stereocenters. The molecule has 0 rings (SSSR count). The normalized spacial score (nSPS) is 12.0. The second-order valence-corrected chi connectivity index (χ2v) is 16.4. The van der Waals surface area contributed by atoms with Crippen LogP contribution in [0.15, 0.2) is 0 Å². The number of phosphoric acid groups is 10. The molecular weight excluding hydrogens is 1160 g/mol. The zero-order valence-corrected chi connectivity index (χ0v) is 43.3. The van der Waals surface area contributed by atoms with Gasteiger partial charge in [-0.15, -0.1) is 0 Å². The van der Waals surface area contributed by atoms with E-state index in [1.54, 1.807) is 0 Å². The van der Waals surface area contributed by atoms with Gasteiger partial charge in [-0.3, -0.25) is 26.4 Å². The predicted molar refractivity (Wildman–Crippen MR) is 87.3 cm³/mol. The average Bonchev–Trinajstić information content (AvgIpc) is 2.36. The van der Waals surface area contributed by atoms with Crippen LogP contribution in [0.1, 0.15) is 1.43 Å². The maximum Gasteiger partial charge on any atom is 2.00 e. The summed E-state index contributed by atoms with van der Waals surface area (Å²) < 4.78 is 104. The molecular formula is H4O37P10Zn4-12. The van der Waals surface area contributed by atoms with Gasteiger partial charge in [-0.05, 0) is 0 Å². The van der Waals surface area contributed by atoms with Gasteiger partial charge in [0.15, 0.2) is 0 Å². The van der Waals surface area contributed by atoms with E-state index in [1.807, 2.05) is 0 Å². The van der Waals surface area contributed by atoms with E-state index in [0.29, 0.717) is 0 Å². The minimum atomic E-state index is -5.97. The van der Waals surface area contributed by atoms with Crippen molar-refractivity contribution < 1.29 is 255 Å². The van der Waals surface area contributed by atoms with E-state index in [4.69, 9.17) is 77.0 Å². The molecule has 0 amide bonds. The molecule has 51 heteroatoms. The first-order valence-electron chi connectivity index (χ1n) is 7.32. The van der Waals surface area contributed by atoms with Crippen molar-refractivity contribution in [3.63, 3.8) is 0 Å². The third-order valence-corrected chi connectivity index (χ3v) is 7.20. The van der Waals surface area contributed by atoms with Gasteiger partial charge in [0.25, 0.3) is 15.6 Å². The molecule has 296 valence electrons. The summed E-state index contributed by atoms with van der Waals surface area (Å²) in [6.07, 6.45) is 0. The molecule has 0 aromatic heterocycles. The van der Waals surface area contributed by atoms with Gasteiger partial charge in [0.1, 0.15) is 0 Å². The van der Waals surface area contributed by atoms with Crippen LogP contribution in [0, 0.1) is 0 Å². The van der Waals surface area contributed by atoms with Crippen molar-refractivity contribution >= 4 is 78.2 Å². The molecule has 0 saturated heterocycles. The topological polar surface area (TPSA) is 744 Å². The van der Waals surface area contributed by atoms with E-state index in [1.165, 1.54) is 0 Å². The molecule has 0 atom stereocenters. The molecule has 3 N–H and O–H groups in total. The molecule has 0 aliphatic carbocycles. The molecule has 0 bridgehead atoms. The first kappa shape index (κ1) is 82.6. The Morgan fingerprint density at radius 1 is 0.314 bits per heavy atom. The number of hydrogen-bond acceptors (Lipinski definition) is 35. The van der Waals surface area contributed by atoms with Crippen LogP contribution < -0.4 is 103 Å². The van der Waals surface area contributed by atoms with Gasteiger partial charge in [0.05, 0.1) is 39.1 Å². The van der Waals surface area contributed by atoms with Crippen LogP contribution in [0.25, 0.3) is 0 Å². The molecule has 0 saturated carbocycles. The summed E-state index contributed by atoms with van der Waals surface area (Å²) in [7, 11) is -57.1. The fourth-order valence-corrected chi connectivity index (χ4v) is 5.21. The minimum absolute atomic E-state index is 0. The zero-order valence-electron chi connectivity index (χ0n) is 23.5. The summed E-state index contributed by atoms with van der Waals surface area (Å²) in [5.41, 5.74) is 0. The second-order valence-electron chi connectivity index (χ2n) is 4.82. The third-order valence-electron chi connectivity index (χ3n) is 0.800. The number of hydrogen-bond donors (Lipinski definition) is 1. The van der Waals surface area contributed by atoms with Gasteiger partial charge in [0.2, 0.25) is 0 Å². The Balaban J connectivity index is -0.0000000382. The Morgan fingerprint density at radius 3 is 0.412 bits per heavy atom. The van der Waals surface area contributed by atoms with Crippen LogP contribution in [0.4, 0.5) is 0 Å². The Bertz CT molecular complexity index is 1120. The molecule has 0 fully saturated rings. The van der Waals surface area contributed by atoms with Crippen LogP contribution in [-0.2, 0) is 141 Å². The largest absolute Gasteiger partial charge is 2.00 e. The average molecular weight is 1170 g/mol.